The number of rotatable bonds is 7. The summed E-state index contributed by atoms with van der Waals surface area (Å²) in [6.07, 6.45) is 0. The average molecular weight is 361 g/mol. The minimum atomic E-state index is -0.211. The fraction of sp³-hybridized carbons (Fsp3) is 0.368. The van der Waals surface area contributed by atoms with Gasteiger partial charge in [-0.15, -0.1) is 0 Å². The Morgan fingerprint density at radius 3 is 2.52 bits per heavy atom. The van der Waals surface area contributed by atoms with E-state index in [9.17, 15) is 9.59 Å². The van der Waals surface area contributed by atoms with E-state index in [2.05, 4.69) is 16.8 Å². The fourth-order valence-electron chi connectivity index (χ4n) is 2.54. The minimum absolute atomic E-state index is 0.0354. The summed E-state index contributed by atoms with van der Waals surface area (Å²) in [7, 11) is 3.67. The van der Waals surface area contributed by atoms with Crippen LogP contribution in [0.2, 0.25) is 0 Å². The Bertz CT molecular complexity index is 698. The molecule has 0 radical (unpaired) electrons. The molecule has 5 nitrogen and oxygen atoms in total. The quantitative estimate of drug-likeness (QED) is 0.787. The Labute approximate surface area is 153 Å². The van der Waals surface area contributed by atoms with E-state index in [0.29, 0.717) is 0 Å². The second kappa shape index (κ2) is 8.78. The van der Waals surface area contributed by atoms with E-state index < -0.39 is 0 Å². The topological polar surface area (TPSA) is 53.9 Å². The van der Waals surface area contributed by atoms with Crippen molar-refractivity contribution in [1.29, 1.82) is 0 Å². The van der Waals surface area contributed by atoms with Crippen molar-refractivity contribution in [3.05, 3.63) is 52.2 Å². The van der Waals surface area contributed by atoms with Gasteiger partial charge in [0.1, 0.15) is 6.54 Å². The van der Waals surface area contributed by atoms with E-state index in [1.54, 1.807) is 18.4 Å². The highest BCUT2D eigenvalue weighted by atomic mass is 32.1. The van der Waals surface area contributed by atoms with Crippen LogP contribution in [0.25, 0.3) is 0 Å². The number of hydrogen-bond donors (Lipinski definition) is 2. The first-order valence-electron chi connectivity index (χ1n) is 8.31. The molecule has 0 saturated heterocycles. The third kappa shape index (κ3) is 5.69. The Kier molecular flexibility index (Phi) is 6.73. The lowest BCUT2D eigenvalue weighted by atomic mass is 10.2. The normalized spacial score (nSPS) is 13.1. The Morgan fingerprint density at radius 1 is 1.24 bits per heavy atom. The molecule has 0 aliphatic rings. The van der Waals surface area contributed by atoms with Gasteiger partial charge in [-0.1, -0.05) is 17.7 Å². The molecule has 1 heterocycles. The molecule has 1 unspecified atom stereocenters. The third-order valence-electron chi connectivity index (χ3n) is 4.27. The Balaban J connectivity index is 1.85. The van der Waals surface area contributed by atoms with Gasteiger partial charge in [0, 0.05) is 18.3 Å². The number of carbonyl (C=O) groups is 2. The second-order valence-corrected chi connectivity index (χ2v) is 7.26. The molecule has 2 aromatic rings. The van der Waals surface area contributed by atoms with Crippen LogP contribution in [0.5, 0.6) is 0 Å². The van der Waals surface area contributed by atoms with E-state index >= 15 is 0 Å². The molecule has 134 valence electrons. The Hall–Kier alpha value is -2.18. The van der Waals surface area contributed by atoms with E-state index in [0.717, 1.165) is 22.7 Å². The molecule has 0 aliphatic heterocycles. The number of anilines is 1. The van der Waals surface area contributed by atoms with Crippen molar-refractivity contribution in [2.75, 3.05) is 26.0 Å². The summed E-state index contributed by atoms with van der Waals surface area (Å²) in [5.74, 6) is -0.228. The third-order valence-corrected chi connectivity index (χ3v) is 5.00. The molecule has 0 bridgehead atoms. The average Bonchev–Trinajstić information content (AvgIpc) is 3.08. The number of amides is 2. The van der Waals surface area contributed by atoms with Gasteiger partial charge in [0.05, 0.1) is 13.6 Å². The minimum Gasteiger partial charge on any atom is -0.331 e. The van der Waals surface area contributed by atoms with Crippen LogP contribution in [-0.2, 0) is 16.1 Å². The van der Waals surface area contributed by atoms with Crippen LogP contribution in [0.3, 0.4) is 0 Å². The van der Waals surface area contributed by atoms with Gasteiger partial charge in [-0.25, -0.2) is 0 Å². The van der Waals surface area contributed by atoms with Gasteiger partial charge in [0.25, 0.3) is 5.91 Å². The molecule has 0 fully saturated rings. The number of nitrogens with zero attached hydrogens (tertiary/aromatic N) is 1. The maximum atomic E-state index is 12.6. The van der Waals surface area contributed by atoms with Crippen molar-refractivity contribution in [2.45, 2.75) is 26.4 Å². The maximum absolute atomic E-state index is 12.6. The second-order valence-electron chi connectivity index (χ2n) is 6.48. The van der Waals surface area contributed by atoms with Crippen LogP contribution in [0.4, 0.5) is 5.69 Å². The molecule has 2 rings (SSSR count). The molecule has 2 N–H and O–H groups in total. The lowest BCUT2D eigenvalue weighted by Crippen LogP contribution is -3.12. The largest absolute Gasteiger partial charge is 0.331 e. The number of aryl methyl sites for hydroxylation is 1. The van der Waals surface area contributed by atoms with Gasteiger partial charge in [-0.2, -0.15) is 11.3 Å². The standard InChI is InChI=1S/C19H25N3O2S/c1-14-5-7-17(8-6-14)20-18(23)12-22(4)19(24)15(2)21(3)11-16-9-10-25-13-16/h5-10,13,15H,11-12H2,1-4H3,(H,20,23)/p+1/t15-/m1/s1. The summed E-state index contributed by atoms with van der Waals surface area (Å²) in [4.78, 5) is 27.3. The van der Waals surface area contributed by atoms with Crippen LogP contribution in [0, 0.1) is 6.92 Å². The number of quaternary nitrogens is 1. The van der Waals surface area contributed by atoms with Crippen molar-refractivity contribution >= 4 is 28.8 Å². The number of nitrogens with one attached hydrogen (secondary N) is 2. The Morgan fingerprint density at radius 2 is 1.92 bits per heavy atom. The van der Waals surface area contributed by atoms with Gasteiger partial charge < -0.3 is 15.1 Å². The van der Waals surface area contributed by atoms with Crippen LogP contribution in [-0.4, -0.2) is 43.4 Å². The van der Waals surface area contributed by atoms with Gasteiger partial charge in [0.2, 0.25) is 5.91 Å². The van der Waals surface area contributed by atoms with Gasteiger partial charge in [-0.3, -0.25) is 9.59 Å². The molecular weight excluding hydrogens is 334 g/mol. The molecule has 0 saturated carbocycles. The zero-order valence-electron chi connectivity index (χ0n) is 15.2. The summed E-state index contributed by atoms with van der Waals surface area (Å²) in [5.41, 5.74) is 3.10. The van der Waals surface area contributed by atoms with Crippen LogP contribution >= 0.6 is 11.3 Å². The number of thiophene rings is 1. The molecular formula is C19H26N3O2S+. The molecule has 0 spiro atoms. The molecule has 6 heteroatoms. The monoisotopic (exact) mass is 360 g/mol. The molecule has 25 heavy (non-hydrogen) atoms. The first-order valence-corrected chi connectivity index (χ1v) is 9.26. The van der Waals surface area contributed by atoms with Crippen LogP contribution < -0.4 is 10.2 Å². The van der Waals surface area contributed by atoms with Crippen molar-refractivity contribution < 1.29 is 14.5 Å². The van der Waals surface area contributed by atoms with Crippen molar-refractivity contribution in [1.82, 2.24) is 4.90 Å². The summed E-state index contributed by atoms with van der Waals surface area (Å²) >= 11 is 1.66. The predicted octanol–water partition coefficient (Wildman–Crippen LogP) is 1.56. The van der Waals surface area contributed by atoms with Crippen molar-refractivity contribution in [3.63, 3.8) is 0 Å². The maximum Gasteiger partial charge on any atom is 0.280 e. The highest BCUT2D eigenvalue weighted by Gasteiger charge is 2.26. The van der Waals surface area contributed by atoms with Crippen molar-refractivity contribution in [3.8, 4) is 0 Å². The first-order chi connectivity index (χ1) is 11.9. The number of likely N-dealkylation sites (N-methyl/N-ethyl adjacent to an activating group) is 2. The van der Waals surface area contributed by atoms with E-state index in [-0.39, 0.29) is 24.4 Å². The molecule has 1 aromatic carbocycles. The molecule has 1 aromatic heterocycles. The van der Waals surface area contributed by atoms with Gasteiger partial charge in [0.15, 0.2) is 6.04 Å². The lowest BCUT2D eigenvalue weighted by Gasteiger charge is -2.25. The summed E-state index contributed by atoms with van der Waals surface area (Å²) in [6, 6.07) is 9.46. The molecule has 2 atom stereocenters. The van der Waals surface area contributed by atoms with E-state index in [4.69, 9.17) is 0 Å². The number of hydrogen-bond acceptors (Lipinski definition) is 3. The highest BCUT2D eigenvalue weighted by molar-refractivity contribution is 7.07. The summed E-state index contributed by atoms with van der Waals surface area (Å²) in [5, 5.41) is 6.96. The van der Waals surface area contributed by atoms with E-state index in [1.807, 2.05) is 50.5 Å². The fourth-order valence-corrected chi connectivity index (χ4v) is 3.21. The zero-order valence-corrected chi connectivity index (χ0v) is 16.0. The van der Waals surface area contributed by atoms with Gasteiger partial charge in [-0.05, 0) is 42.8 Å². The highest BCUT2D eigenvalue weighted by Crippen LogP contribution is 2.08. The van der Waals surface area contributed by atoms with Crippen molar-refractivity contribution in [2.24, 2.45) is 0 Å². The predicted molar refractivity (Wildman–Crippen MR) is 102 cm³/mol. The number of carbonyl (C=O) groups excluding carboxylic acids is 2. The van der Waals surface area contributed by atoms with Crippen LogP contribution in [0.15, 0.2) is 41.1 Å². The molecule has 0 aliphatic carbocycles. The summed E-state index contributed by atoms with van der Waals surface area (Å²) in [6.45, 7) is 4.73. The number of benzene rings is 1. The smallest absolute Gasteiger partial charge is 0.280 e. The van der Waals surface area contributed by atoms with Crippen LogP contribution in [0.1, 0.15) is 18.1 Å². The van der Waals surface area contributed by atoms with Gasteiger partial charge >= 0.3 is 0 Å². The summed E-state index contributed by atoms with van der Waals surface area (Å²) < 4.78 is 0. The SMILES string of the molecule is Cc1ccc(NC(=O)CN(C)C(=O)[C@@H](C)[NH+](C)Cc2ccsc2)cc1. The van der Waals surface area contributed by atoms with E-state index in [1.165, 1.54) is 10.5 Å². The first kappa shape index (κ1) is 19.1. The zero-order chi connectivity index (χ0) is 18.4. The molecule has 2 amide bonds. The lowest BCUT2D eigenvalue weighted by molar-refractivity contribution is -0.908.